The van der Waals surface area contributed by atoms with Crippen LogP contribution in [-0.2, 0) is 6.42 Å². The number of nitrogen functional groups attached to an aromatic ring is 1. The fourth-order valence-electron chi connectivity index (χ4n) is 1.48. The van der Waals surface area contributed by atoms with Crippen LogP contribution in [0.3, 0.4) is 0 Å². The molecule has 0 unspecified atom stereocenters. The van der Waals surface area contributed by atoms with E-state index in [9.17, 15) is 0 Å². The Hall–Kier alpha value is -1.61. The Bertz CT molecular complexity index is 503. The highest BCUT2D eigenvalue weighted by Crippen LogP contribution is 2.14. The molecular formula is C12H12N2S. The summed E-state index contributed by atoms with van der Waals surface area (Å²) < 4.78 is 0.708. The van der Waals surface area contributed by atoms with Crippen LogP contribution >= 0.6 is 12.2 Å². The topological polar surface area (TPSA) is 41.8 Å². The second-order valence-corrected chi connectivity index (χ2v) is 3.84. The highest BCUT2D eigenvalue weighted by atomic mass is 32.1. The maximum Gasteiger partial charge on any atom is 0.0697 e. The van der Waals surface area contributed by atoms with Crippen LogP contribution < -0.4 is 5.73 Å². The number of pyridine rings is 1. The van der Waals surface area contributed by atoms with Gasteiger partial charge in [-0.15, -0.1) is 0 Å². The van der Waals surface area contributed by atoms with E-state index in [1.165, 1.54) is 5.56 Å². The molecule has 0 amide bonds. The molecule has 0 radical (unpaired) electrons. The van der Waals surface area contributed by atoms with Crippen LogP contribution in [0.1, 0.15) is 11.3 Å². The lowest BCUT2D eigenvalue weighted by Crippen LogP contribution is -1.99. The van der Waals surface area contributed by atoms with Gasteiger partial charge in [0.1, 0.15) is 0 Å². The van der Waals surface area contributed by atoms with Gasteiger partial charge in [0.15, 0.2) is 0 Å². The zero-order valence-electron chi connectivity index (χ0n) is 8.23. The van der Waals surface area contributed by atoms with Gasteiger partial charge in [-0.2, -0.15) is 0 Å². The predicted octanol–water partition coefficient (Wildman–Crippen LogP) is 2.92. The van der Waals surface area contributed by atoms with Gasteiger partial charge < -0.3 is 10.7 Å². The first-order valence-electron chi connectivity index (χ1n) is 4.77. The van der Waals surface area contributed by atoms with Crippen LogP contribution in [0.25, 0.3) is 0 Å². The lowest BCUT2D eigenvalue weighted by Gasteiger charge is -2.05. The van der Waals surface area contributed by atoms with E-state index in [4.69, 9.17) is 18.0 Å². The molecule has 2 rings (SSSR count). The van der Waals surface area contributed by atoms with Gasteiger partial charge in [-0.05, 0) is 11.6 Å². The molecule has 15 heavy (non-hydrogen) atoms. The van der Waals surface area contributed by atoms with Gasteiger partial charge in [-0.1, -0.05) is 42.5 Å². The molecule has 1 heterocycles. The number of benzene rings is 1. The lowest BCUT2D eigenvalue weighted by atomic mass is 10.1. The van der Waals surface area contributed by atoms with Crippen molar-refractivity contribution in [1.29, 1.82) is 0 Å². The van der Waals surface area contributed by atoms with Gasteiger partial charge in [0.2, 0.25) is 0 Å². The van der Waals surface area contributed by atoms with Gasteiger partial charge in [-0.3, -0.25) is 0 Å². The van der Waals surface area contributed by atoms with Gasteiger partial charge in [0, 0.05) is 18.3 Å². The average molecular weight is 216 g/mol. The summed E-state index contributed by atoms with van der Waals surface area (Å²) in [5.74, 6) is 0. The van der Waals surface area contributed by atoms with Crippen molar-refractivity contribution in [2.45, 2.75) is 6.42 Å². The van der Waals surface area contributed by atoms with E-state index in [0.717, 1.165) is 12.1 Å². The molecule has 0 atom stereocenters. The molecule has 0 saturated heterocycles. The minimum Gasteiger partial charge on any atom is -0.396 e. The molecule has 0 fully saturated rings. The van der Waals surface area contributed by atoms with E-state index < -0.39 is 0 Å². The zero-order valence-corrected chi connectivity index (χ0v) is 9.05. The summed E-state index contributed by atoms with van der Waals surface area (Å²) in [7, 11) is 0. The average Bonchev–Trinajstić information content (AvgIpc) is 2.26. The molecule has 0 bridgehead atoms. The van der Waals surface area contributed by atoms with E-state index in [1.54, 1.807) is 6.07 Å². The third-order valence-corrected chi connectivity index (χ3v) is 2.66. The molecule has 1 aromatic carbocycles. The third-order valence-electron chi connectivity index (χ3n) is 2.31. The minimum absolute atomic E-state index is 0.677. The van der Waals surface area contributed by atoms with Gasteiger partial charge in [-0.25, -0.2) is 0 Å². The summed E-state index contributed by atoms with van der Waals surface area (Å²) in [6.45, 7) is 0. The first kappa shape index (κ1) is 9.93. The Morgan fingerprint density at radius 1 is 1.13 bits per heavy atom. The zero-order chi connectivity index (χ0) is 10.7. The van der Waals surface area contributed by atoms with E-state index >= 15 is 0 Å². The fourth-order valence-corrected chi connectivity index (χ4v) is 1.67. The number of hydrogen-bond donors (Lipinski definition) is 2. The highest BCUT2D eigenvalue weighted by molar-refractivity contribution is 7.71. The number of hydrogen-bond acceptors (Lipinski definition) is 2. The highest BCUT2D eigenvalue weighted by Gasteiger charge is 2.01. The molecule has 76 valence electrons. The van der Waals surface area contributed by atoms with Gasteiger partial charge in [0.25, 0.3) is 0 Å². The molecule has 2 nitrogen and oxygen atoms in total. The number of nitrogens with two attached hydrogens (primary N) is 1. The Kier molecular flexibility index (Phi) is 2.83. The van der Waals surface area contributed by atoms with Crippen molar-refractivity contribution in [2.75, 3.05) is 5.73 Å². The summed E-state index contributed by atoms with van der Waals surface area (Å²) in [4.78, 5) is 3.13. The number of aromatic nitrogens is 1. The molecule has 2 aromatic rings. The molecule has 0 spiro atoms. The molecule has 0 aliphatic rings. The molecule has 1 aromatic heterocycles. The van der Waals surface area contributed by atoms with Crippen LogP contribution in [0.5, 0.6) is 0 Å². The SMILES string of the molecule is Nc1c(Cc2ccccc2)[nH]ccc1=S. The first-order valence-corrected chi connectivity index (χ1v) is 5.18. The second-order valence-electron chi connectivity index (χ2n) is 3.40. The Morgan fingerprint density at radius 2 is 1.87 bits per heavy atom. The maximum absolute atomic E-state index is 5.90. The Labute approximate surface area is 93.8 Å². The van der Waals surface area contributed by atoms with Crippen molar-refractivity contribution < 1.29 is 0 Å². The molecule has 3 N–H and O–H groups in total. The second kappa shape index (κ2) is 4.28. The van der Waals surface area contributed by atoms with Crippen LogP contribution in [0, 0.1) is 4.51 Å². The summed E-state index contributed by atoms with van der Waals surface area (Å²) in [5.41, 5.74) is 8.78. The largest absolute Gasteiger partial charge is 0.396 e. The number of nitrogens with one attached hydrogen (secondary N) is 1. The molecular weight excluding hydrogens is 204 g/mol. The van der Waals surface area contributed by atoms with Crippen molar-refractivity contribution in [3.05, 3.63) is 58.4 Å². The summed E-state index contributed by atoms with van der Waals surface area (Å²) in [5, 5.41) is 0. The summed E-state index contributed by atoms with van der Waals surface area (Å²) in [6.07, 6.45) is 2.62. The van der Waals surface area contributed by atoms with E-state index in [0.29, 0.717) is 10.2 Å². The van der Waals surface area contributed by atoms with E-state index in [2.05, 4.69) is 17.1 Å². The number of anilines is 1. The summed E-state index contributed by atoms with van der Waals surface area (Å²) >= 11 is 5.11. The quantitative estimate of drug-likeness (QED) is 0.758. The normalized spacial score (nSPS) is 10.1. The molecule has 3 heteroatoms. The van der Waals surface area contributed by atoms with Crippen molar-refractivity contribution in [3.63, 3.8) is 0 Å². The van der Waals surface area contributed by atoms with Crippen LogP contribution in [0.2, 0.25) is 0 Å². The van der Waals surface area contributed by atoms with Crippen LogP contribution in [-0.4, -0.2) is 4.98 Å². The maximum atomic E-state index is 5.90. The first-order chi connectivity index (χ1) is 7.27. The van der Waals surface area contributed by atoms with Crippen molar-refractivity contribution in [2.24, 2.45) is 0 Å². The van der Waals surface area contributed by atoms with Crippen molar-refractivity contribution >= 4 is 17.9 Å². The molecule has 0 aliphatic carbocycles. The number of aromatic amines is 1. The van der Waals surface area contributed by atoms with Gasteiger partial charge in [0.05, 0.1) is 10.2 Å². The standard InChI is InChI=1S/C12H12N2S/c13-12-10(14-7-6-11(12)15)8-9-4-2-1-3-5-9/h1-7H,8,13H2,(H,14,15). The Balaban J connectivity index is 2.33. The van der Waals surface area contributed by atoms with E-state index in [1.807, 2.05) is 24.4 Å². The van der Waals surface area contributed by atoms with Crippen LogP contribution in [0.4, 0.5) is 5.69 Å². The number of H-pyrrole nitrogens is 1. The smallest absolute Gasteiger partial charge is 0.0697 e. The third kappa shape index (κ3) is 2.25. The fraction of sp³-hybridized carbons (Fsp3) is 0.0833. The number of rotatable bonds is 2. The monoisotopic (exact) mass is 216 g/mol. The van der Waals surface area contributed by atoms with Gasteiger partial charge >= 0.3 is 0 Å². The predicted molar refractivity (Wildman–Crippen MR) is 65.3 cm³/mol. The van der Waals surface area contributed by atoms with Crippen molar-refractivity contribution in [3.8, 4) is 0 Å². The Morgan fingerprint density at radius 3 is 2.60 bits per heavy atom. The lowest BCUT2D eigenvalue weighted by molar-refractivity contribution is 1.08. The summed E-state index contributed by atoms with van der Waals surface area (Å²) in [6, 6.07) is 12.0. The van der Waals surface area contributed by atoms with Crippen molar-refractivity contribution in [1.82, 2.24) is 4.98 Å². The minimum atomic E-state index is 0.677. The van der Waals surface area contributed by atoms with Crippen LogP contribution in [0.15, 0.2) is 42.6 Å². The molecule has 0 saturated carbocycles. The molecule has 0 aliphatic heterocycles. The van der Waals surface area contributed by atoms with E-state index in [-0.39, 0.29) is 0 Å².